The fourth-order valence-electron chi connectivity index (χ4n) is 2.06. The number of aromatic amines is 1. The standard InChI is InChI=1S/C13H11F3N2O/c14-13(15,16)8-3-4-9-10(6-8)17-11(18-12(9)19)5-7-1-2-7/h3-4,6-7H,1-2,5H2,(H,17,18,19). The molecule has 1 fully saturated rings. The number of hydrogen-bond acceptors (Lipinski definition) is 2. The number of aromatic nitrogens is 2. The van der Waals surface area contributed by atoms with Crippen molar-refractivity contribution < 1.29 is 13.2 Å². The summed E-state index contributed by atoms with van der Waals surface area (Å²) in [5, 5.41) is 0.188. The van der Waals surface area contributed by atoms with Gasteiger partial charge in [0.1, 0.15) is 5.82 Å². The van der Waals surface area contributed by atoms with Gasteiger partial charge in [-0.3, -0.25) is 4.79 Å². The molecule has 1 N–H and O–H groups in total. The van der Waals surface area contributed by atoms with E-state index in [2.05, 4.69) is 9.97 Å². The number of hydrogen-bond donors (Lipinski definition) is 1. The van der Waals surface area contributed by atoms with Crippen LogP contribution in [0.4, 0.5) is 13.2 Å². The number of fused-ring (bicyclic) bond motifs is 1. The molecular formula is C13H11F3N2O. The van der Waals surface area contributed by atoms with Crippen LogP contribution in [0.5, 0.6) is 0 Å². The quantitative estimate of drug-likeness (QED) is 0.910. The Morgan fingerprint density at radius 1 is 1.32 bits per heavy atom. The van der Waals surface area contributed by atoms with Crippen LogP contribution in [0.2, 0.25) is 0 Å². The van der Waals surface area contributed by atoms with E-state index in [0.717, 1.165) is 25.0 Å². The summed E-state index contributed by atoms with van der Waals surface area (Å²) in [5.41, 5.74) is -1.06. The molecule has 0 aliphatic heterocycles. The highest BCUT2D eigenvalue weighted by molar-refractivity contribution is 5.78. The number of nitrogens with zero attached hydrogens (tertiary/aromatic N) is 1. The van der Waals surface area contributed by atoms with Crippen LogP contribution >= 0.6 is 0 Å². The molecule has 0 amide bonds. The van der Waals surface area contributed by atoms with Crippen LogP contribution in [0.3, 0.4) is 0 Å². The predicted octanol–water partition coefficient (Wildman–Crippen LogP) is 2.89. The van der Waals surface area contributed by atoms with Crippen LogP contribution in [-0.4, -0.2) is 9.97 Å². The number of nitrogens with one attached hydrogen (secondary N) is 1. The van der Waals surface area contributed by atoms with Gasteiger partial charge in [0, 0.05) is 6.42 Å². The van der Waals surface area contributed by atoms with E-state index in [4.69, 9.17) is 0 Å². The Kier molecular flexibility index (Phi) is 2.62. The number of alkyl halides is 3. The monoisotopic (exact) mass is 268 g/mol. The van der Waals surface area contributed by atoms with Crippen LogP contribution in [-0.2, 0) is 12.6 Å². The lowest BCUT2D eigenvalue weighted by atomic mass is 10.1. The minimum absolute atomic E-state index is 0.106. The van der Waals surface area contributed by atoms with Gasteiger partial charge in [0.05, 0.1) is 16.5 Å². The van der Waals surface area contributed by atoms with E-state index < -0.39 is 11.7 Å². The van der Waals surface area contributed by atoms with E-state index >= 15 is 0 Å². The normalized spacial score (nSPS) is 15.9. The van der Waals surface area contributed by atoms with Crippen molar-refractivity contribution in [1.29, 1.82) is 0 Å². The molecule has 1 aliphatic rings. The van der Waals surface area contributed by atoms with E-state index in [0.29, 0.717) is 18.2 Å². The van der Waals surface area contributed by atoms with Gasteiger partial charge in [-0.2, -0.15) is 13.2 Å². The first kappa shape index (κ1) is 12.2. The van der Waals surface area contributed by atoms with Crippen LogP contribution in [0.25, 0.3) is 10.9 Å². The van der Waals surface area contributed by atoms with Gasteiger partial charge in [-0.15, -0.1) is 0 Å². The molecule has 1 heterocycles. The summed E-state index contributed by atoms with van der Waals surface area (Å²) >= 11 is 0. The van der Waals surface area contributed by atoms with Crippen LogP contribution in [0, 0.1) is 5.92 Å². The first-order valence-electron chi connectivity index (χ1n) is 6.03. The Morgan fingerprint density at radius 2 is 2.05 bits per heavy atom. The summed E-state index contributed by atoms with van der Waals surface area (Å²) in [6.45, 7) is 0. The van der Waals surface area contributed by atoms with Gasteiger partial charge < -0.3 is 4.98 Å². The summed E-state index contributed by atoms with van der Waals surface area (Å²) in [6.07, 6.45) is -1.62. The molecule has 0 saturated heterocycles. The first-order chi connectivity index (χ1) is 8.93. The molecule has 1 saturated carbocycles. The summed E-state index contributed by atoms with van der Waals surface area (Å²) < 4.78 is 37.9. The lowest BCUT2D eigenvalue weighted by molar-refractivity contribution is -0.137. The molecule has 0 atom stereocenters. The molecule has 100 valence electrons. The van der Waals surface area contributed by atoms with Crippen molar-refractivity contribution in [2.75, 3.05) is 0 Å². The summed E-state index contributed by atoms with van der Waals surface area (Å²) in [5.74, 6) is 0.978. The SMILES string of the molecule is O=c1[nH]c(CC2CC2)nc2cc(C(F)(F)F)ccc12. The molecule has 0 radical (unpaired) electrons. The summed E-state index contributed by atoms with van der Waals surface area (Å²) in [6, 6.07) is 3.01. The smallest absolute Gasteiger partial charge is 0.310 e. The second-order valence-electron chi connectivity index (χ2n) is 4.89. The summed E-state index contributed by atoms with van der Waals surface area (Å²) in [4.78, 5) is 18.6. The molecule has 19 heavy (non-hydrogen) atoms. The van der Waals surface area contributed by atoms with Gasteiger partial charge in [0.2, 0.25) is 0 Å². The van der Waals surface area contributed by atoms with Crippen molar-refractivity contribution in [2.24, 2.45) is 5.92 Å². The Bertz CT molecular complexity index is 686. The molecule has 3 rings (SSSR count). The van der Waals surface area contributed by atoms with Gasteiger partial charge in [0.25, 0.3) is 5.56 Å². The number of benzene rings is 1. The molecule has 0 unspecified atom stereocenters. The molecule has 2 aromatic rings. The third kappa shape index (κ3) is 2.47. The van der Waals surface area contributed by atoms with Gasteiger partial charge in [0.15, 0.2) is 0 Å². The van der Waals surface area contributed by atoms with Crippen LogP contribution < -0.4 is 5.56 Å². The molecule has 1 aliphatic carbocycles. The topological polar surface area (TPSA) is 45.8 Å². The predicted molar refractivity (Wildman–Crippen MR) is 63.8 cm³/mol. The van der Waals surface area contributed by atoms with Crippen molar-refractivity contribution in [3.05, 3.63) is 39.9 Å². The maximum atomic E-state index is 12.6. The van der Waals surface area contributed by atoms with Crippen molar-refractivity contribution in [1.82, 2.24) is 9.97 Å². The lowest BCUT2D eigenvalue weighted by Crippen LogP contribution is -2.13. The Labute approximate surface area is 106 Å². The zero-order valence-corrected chi connectivity index (χ0v) is 9.92. The van der Waals surface area contributed by atoms with E-state index in [-0.39, 0.29) is 16.5 Å². The van der Waals surface area contributed by atoms with E-state index in [1.54, 1.807) is 0 Å². The number of rotatable bonds is 2. The molecular weight excluding hydrogens is 257 g/mol. The zero-order chi connectivity index (χ0) is 13.6. The highest BCUT2D eigenvalue weighted by atomic mass is 19.4. The summed E-state index contributed by atoms with van der Waals surface area (Å²) in [7, 11) is 0. The maximum absolute atomic E-state index is 12.6. The van der Waals surface area contributed by atoms with Gasteiger partial charge in [-0.25, -0.2) is 4.98 Å². The van der Waals surface area contributed by atoms with Gasteiger partial charge in [-0.1, -0.05) is 0 Å². The van der Waals surface area contributed by atoms with Crippen LogP contribution in [0.15, 0.2) is 23.0 Å². The first-order valence-corrected chi connectivity index (χ1v) is 6.03. The van der Waals surface area contributed by atoms with E-state index in [1.807, 2.05) is 0 Å². The molecule has 3 nitrogen and oxygen atoms in total. The molecule has 1 aromatic carbocycles. The second-order valence-corrected chi connectivity index (χ2v) is 4.89. The molecule has 6 heteroatoms. The fourth-order valence-corrected chi connectivity index (χ4v) is 2.06. The molecule has 0 spiro atoms. The highest BCUT2D eigenvalue weighted by Gasteiger charge is 2.31. The van der Waals surface area contributed by atoms with E-state index in [9.17, 15) is 18.0 Å². The average molecular weight is 268 g/mol. The van der Waals surface area contributed by atoms with E-state index in [1.165, 1.54) is 6.07 Å². The van der Waals surface area contributed by atoms with Gasteiger partial charge in [-0.05, 0) is 37.0 Å². The largest absolute Gasteiger partial charge is 0.416 e. The number of halogens is 3. The minimum atomic E-state index is -4.42. The zero-order valence-electron chi connectivity index (χ0n) is 9.92. The molecule has 1 aromatic heterocycles. The van der Waals surface area contributed by atoms with Crippen LogP contribution in [0.1, 0.15) is 24.2 Å². The maximum Gasteiger partial charge on any atom is 0.416 e. The Hall–Kier alpha value is -1.85. The van der Waals surface area contributed by atoms with Crippen molar-refractivity contribution >= 4 is 10.9 Å². The van der Waals surface area contributed by atoms with Gasteiger partial charge >= 0.3 is 6.18 Å². The average Bonchev–Trinajstić information content (AvgIpc) is 3.11. The van der Waals surface area contributed by atoms with Crippen molar-refractivity contribution in [3.63, 3.8) is 0 Å². The third-order valence-electron chi connectivity index (χ3n) is 3.26. The second kappa shape index (κ2) is 4.08. The van der Waals surface area contributed by atoms with Crippen molar-refractivity contribution in [2.45, 2.75) is 25.4 Å². The molecule has 0 bridgehead atoms. The number of H-pyrrole nitrogens is 1. The highest BCUT2D eigenvalue weighted by Crippen LogP contribution is 2.32. The Morgan fingerprint density at radius 3 is 2.68 bits per heavy atom. The third-order valence-corrected chi connectivity index (χ3v) is 3.26. The lowest BCUT2D eigenvalue weighted by Gasteiger charge is -2.08. The Balaban J connectivity index is 2.11. The van der Waals surface area contributed by atoms with Crippen molar-refractivity contribution in [3.8, 4) is 0 Å². The minimum Gasteiger partial charge on any atom is -0.310 e. The fraction of sp³-hybridized carbons (Fsp3) is 0.385.